The molecule has 1 amide bonds. The minimum absolute atomic E-state index is 0.115. The molecule has 3 aromatic carbocycles. The summed E-state index contributed by atoms with van der Waals surface area (Å²) in [6.45, 7) is -0.160. The molecule has 0 heterocycles. The van der Waals surface area contributed by atoms with Crippen molar-refractivity contribution in [3.05, 3.63) is 77.3 Å². The topological polar surface area (TPSA) is 102 Å². The average molecular weight is 475 g/mol. The third-order valence-corrected chi connectivity index (χ3v) is 6.38. The molecule has 0 aromatic heterocycles. The largest absolute Gasteiger partial charge is 0.456 e. The highest BCUT2D eigenvalue weighted by molar-refractivity contribution is 7.89. The highest BCUT2D eigenvalue weighted by atomic mass is 35.5. The van der Waals surface area contributed by atoms with E-state index >= 15 is 0 Å². The quantitative estimate of drug-likeness (QED) is 0.440. The Morgan fingerprint density at radius 3 is 2.38 bits per heavy atom. The van der Waals surface area contributed by atoms with Crippen LogP contribution in [-0.4, -0.2) is 40.0 Å². The van der Waals surface area contributed by atoms with E-state index in [1.54, 1.807) is 24.3 Å². The summed E-state index contributed by atoms with van der Waals surface area (Å²) < 4.78 is 32.2. The first-order valence-corrected chi connectivity index (χ1v) is 11.8. The van der Waals surface area contributed by atoms with Crippen molar-refractivity contribution >= 4 is 44.3 Å². The Labute approximate surface area is 191 Å². The van der Waals surface area contributed by atoms with E-state index in [1.807, 2.05) is 36.4 Å². The van der Waals surface area contributed by atoms with Gasteiger partial charge in [0.1, 0.15) is 0 Å². The number of esters is 1. The lowest BCUT2D eigenvalue weighted by Gasteiger charge is -2.09. The van der Waals surface area contributed by atoms with Crippen LogP contribution in [0, 0.1) is 0 Å². The van der Waals surface area contributed by atoms with Gasteiger partial charge < -0.3 is 10.1 Å². The molecule has 0 unspecified atom stereocenters. The second-order valence-corrected chi connectivity index (χ2v) is 9.25. The molecule has 0 saturated carbocycles. The highest BCUT2D eigenvalue weighted by Crippen LogP contribution is 2.18. The van der Waals surface area contributed by atoms with Gasteiger partial charge in [0.2, 0.25) is 10.0 Å². The molecule has 0 fully saturated rings. The van der Waals surface area contributed by atoms with E-state index in [0.29, 0.717) is 18.0 Å². The van der Waals surface area contributed by atoms with E-state index in [-0.39, 0.29) is 17.9 Å². The number of carbonyl (C=O) groups excluding carboxylic acids is 2. The molecule has 0 aliphatic heterocycles. The summed E-state index contributed by atoms with van der Waals surface area (Å²) >= 11 is 5.82. The molecule has 168 valence electrons. The van der Waals surface area contributed by atoms with Gasteiger partial charge in [0.15, 0.2) is 6.61 Å². The van der Waals surface area contributed by atoms with Crippen LogP contribution in [-0.2, 0) is 30.8 Å². The van der Waals surface area contributed by atoms with Crippen molar-refractivity contribution in [3.63, 3.8) is 0 Å². The molecule has 9 heteroatoms. The van der Waals surface area contributed by atoms with E-state index in [2.05, 4.69) is 10.0 Å². The van der Waals surface area contributed by atoms with Crippen LogP contribution in [0.4, 0.5) is 0 Å². The number of benzene rings is 3. The molecular formula is C23H23ClN2O5S. The molecule has 0 spiro atoms. The number of halogens is 1. The fourth-order valence-corrected chi connectivity index (χ4v) is 4.16. The predicted molar refractivity (Wildman–Crippen MR) is 123 cm³/mol. The Morgan fingerprint density at radius 1 is 0.906 bits per heavy atom. The van der Waals surface area contributed by atoms with Crippen LogP contribution >= 0.6 is 11.6 Å². The van der Waals surface area contributed by atoms with Crippen molar-refractivity contribution in [3.8, 4) is 0 Å². The molecule has 7 nitrogen and oxygen atoms in total. The Kier molecular flexibility index (Phi) is 8.21. The maximum Gasteiger partial charge on any atom is 0.307 e. The lowest BCUT2D eigenvalue weighted by atomic mass is 10.1. The summed E-state index contributed by atoms with van der Waals surface area (Å²) in [5.74, 6) is -1.09. The molecular weight excluding hydrogens is 452 g/mol. The monoisotopic (exact) mass is 474 g/mol. The number of hydrogen-bond donors (Lipinski definition) is 2. The summed E-state index contributed by atoms with van der Waals surface area (Å²) in [4.78, 5) is 23.7. The van der Waals surface area contributed by atoms with Crippen molar-refractivity contribution in [1.82, 2.24) is 10.0 Å². The van der Waals surface area contributed by atoms with Gasteiger partial charge in [-0.1, -0.05) is 54.1 Å². The first kappa shape index (κ1) is 23.7. The van der Waals surface area contributed by atoms with Crippen LogP contribution < -0.4 is 10.0 Å². The van der Waals surface area contributed by atoms with Gasteiger partial charge in [-0.25, -0.2) is 13.1 Å². The number of nitrogens with one attached hydrogen (secondary N) is 2. The van der Waals surface area contributed by atoms with Crippen molar-refractivity contribution in [1.29, 1.82) is 0 Å². The van der Waals surface area contributed by atoms with E-state index in [9.17, 15) is 18.0 Å². The lowest BCUT2D eigenvalue weighted by molar-refractivity contribution is -0.148. The third-order valence-electron chi connectivity index (χ3n) is 4.67. The number of fused-ring (bicyclic) bond motifs is 1. The number of sulfonamides is 1. The molecule has 0 saturated heterocycles. The van der Waals surface area contributed by atoms with E-state index in [1.165, 1.54) is 6.07 Å². The highest BCUT2D eigenvalue weighted by Gasteiger charge is 2.15. The molecule has 32 heavy (non-hydrogen) atoms. The van der Waals surface area contributed by atoms with E-state index in [0.717, 1.165) is 16.3 Å². The number of hydrogen-bond acceptors (Lipinski definition) is 5. The summed E-state index contributed by atoms with van der Waals surface area (Å²) in [5, 5.41) is 5.03. The molecule has 0 bridgehead atoms. The van der Waals surface area contributed by atoms with Gasteiger partial charge in [-0.15, -0.1) is 0 Å². The van der Waals surface area contributed by atoms with E-state index in [4.69, 9.17) is 16.3 Å². The van der Waals surface area contributed by atoms with Gasteiger partial charge in [-0.05, 0) is 47.0 Å². The van der Waals surface area contributed by atoms with Crippen LogP contribution in [0.1, 0.15) is 12.0 Å². The van der Waals surface area contributed by atoms with Gasteiger partial charge in [0.25, 0.3) is 5.91 Å². The number of amides is 1. The van der Waals surface area contributed by atoms with Crippen LogP contribution in [0.5, 0.6) is 0 Å². The van der Waals surface area contributed by atoms with E-state index < -0.39 is 28.5 Å². The zero-order valence-corrected chi connectivity index (χ0v) is 18.8. The summed E-state index contributed by atoms with van der Waals surface area (Å²) in [6, 6.07) is 19.5. The lowest BCUT2D eigenvalue weighted by Crippen LogP contribution is -2.31. The maximum atomic E-state index is 12.4. The molecule has 0 radical (unpaired) electrons. The summed E-state index contributed by atoms with van der Waals surface area (Å²) in [7, 11) is -3.77. The van der Waals surface area contributed by atoms with Gasteiger partial charge in [0, 0.05) is 18.1 Å². The van der Waals surface area contributed by atoms with Crippen molar-refractivity contribution in [2.45, 2.75) is 17.7 Å². The molecule has 3 aromatic rings. The summed E-state index contributed by atoms with van der Waals surface area (Å²) in [5.41, 5.74) is 1.02. The number of carbonyl (C=O) groups is 2. The SMILES string of the molecule is O=C(COC(=O)CCNS(=O)(=O)c1ccc2ccccc2c1)NCCc1ccc(Cl)cc1. The molecule has 0 atom stereocenters. The van der Waals surface area contributed by atoms with Gasteiger partial charge in [-0.3, -0.25) is 9.59 Å². The fraction of sp³-hybridized carbons (Fsp3) is 0.217. The Morgan fingerprint density at radius 2 is 1.62 bits per heavy atom. The Balaban J connectivity index is 1.36. The predicted octanol–water partition coefficient (Wildman–Crippen LogP) is 3.06. The average Bonchev–Trinajstić information content (AvgIpc) is 2.78. The second-order valence-electron chi connectivity index (χ2n) is 7.04. The Bertz CT molecular complexity index is 1200. The molecule has 2 N–H and O–H groups in total. The first-order chi connectivity index (χ1) is 15.3. The van der Waals surface area contributed by atoms with Crippen molar-refractivity contribution in [2.75, 3.05) is 19.7 Å². The summed E-state index contributed by atoms with van der Waals surface area (Å²) in [6.07, 6.45) is 0.429. The normalized spacial score (nSPS) is 11.3. The zero-order chi connectivity index (χ0) is 23.0. The molecule has 0 aliphatic carbocycles. The zero-order valence-electron chi connectivity index (χ0n) is 17.2. The second kappa shape index (κ2) is 11.1. The van der Waals surface area contributed by atoms with Crippen LogP contribution in [0.25, 0.3) is 10.8 Å². The van der Waals surface area contributed by atoms with Crippen LogP contribution in [0.3, 0.4) is 0 Å². The van der Waals surface area contributed by atoms with Gasteiger partial charge >= 0.3 is 5.97 Å². The van der Waals surface area contributed by atoms with Crippen LogP contribution in [0.15, 0.2) is 71.6 Å². The van der Waals surface area contributed by atoms with Crippen molar-refractivity contribution < 1.29 is 22.7 Å². The number of rotatable bonds is 10. The van der Waals surface area contributed by atoms with Gasteiger partial charge in [-0.2, -0.15) is 0 Å². The minimum atomic E-state index is -3.77. The van der Waals surface area contributed by atoms with Gasteiger partial charge in [0.05, 0.1) is 11.3 Å². The van der Waals surface area contributed by atoms with Crippen molar-refractivity contribution in [2.24, 2.45) is 0 Å². The smallest absolute Gasteiger partial charge is 0.307 e. The molecule has 3 rings (SSSR count). The molecule has 0 aliphatic rings. The first-order valence-electron chi connectivity index (χ1n) is 9.99. The third kappa shape index (κ3) is 7.05. The maximum absolute atomic E-state index is 12.4. The fourth-order valence-electron chi connectivity index (χ4n) is 2.97. The number of ether oxygens (including phenoxy) is 1. The minimum Gasteiger partial charge on any atom is -0.456 e. The Hall–Kier alpha value is -2.94. The van der Waals surface area contributed by atoms with Crippen LogP contribution in [0.2, 0.25) is 5.02 Å². The standard InChI is InChI=1S/C23H23ClN2O5S/c24-20-8-5-17(6-9-20)11-13-25-22(27)16-31-23(28)12-14-26-32(29,30)21-10-7-18-3-1-2-4-19(18)15-21/h1-10,15,26H,11-14,16H2,(H,25,27).